The molecule has 0 aromatic heterocycles. The van der Waals surface area contributed by atoms with E-state index >= 15 is 0 Å². The van der Waals surface area contributed by atoms with E-state index < -0.39 is 0 Å². The van der Waals surface area contributed by atoms with E-state index in [0.717, 1.165) is 12.8 Å². The first kappa shape index (κ1) is 6.26. The van der Waals surface area contributed by atoms with Crippen molar-refractivity contribution in [1.29, 1.82) is 0 Å². The van der Waals surface area contributed by atoms with Gasteiger partial charge in [0.05, 0.1) is 5.71 Å². The Morgan fingerprint density at radius 1 is 1.44 bits per heavy atom. The number of Topliss-reactive ketones (excluding diaryl/α,β-unsaturated/α-hetero) is 1. The van der Waals surface area contributed by atoms with Gasteiger partial charge in [0.25, 0.3) is 0 Å². The monoisotopic (exact) mass is 127 g/mol. The predicted molar refractivity (Wildman–Crippen MR) is 32.7 cm³/mol. The second-order valence-corrected chi connectivity index (χ2v) is 2.24. The Morgan fingerprint density at radius 3 is 2.67 bits per heavy atom. The lowest BCUT2D eigenvalue weighted by Crippen LogP contribution is -2.13. The largest absolute Gasteiger partial charge is 0.411 e. The lowest BCUT2D eigenvalue weighted by Gasteiger charge is -2.08. The van der Waals surface area contributed by atoms with E-state index in [2.05, 4.69) is 5.16 Å². The summed E-state index contributed by atoms with van der Waals surface area (Å²) in [5.74, 6) is 0.189. The Kier molecular flexibility index (Phi) is 1.82. The summed E-state index contributed by atoms with van der Waals surface area (Å²) in [6.45, 7) is 0. The van der Waals surface area contributed by atoms with Gasteiger partial charge in [-0.15, -0.1) is 0 Å². The van der Waals surface area contributed by atoms with Crippen molar-refractivity contribution in [2.45, 2.75) is 25.7 Å². The molecule has 1 fully saturated rings. The molecule has 0 saturated heterocycles. The van der Waals surface area contributed by atoms with Gasteiger partial charge in [-0.25, -0.2) is 0 Å². The molecular weight excluding hydrogens is 118 g/mol. The molecular formula is C6H9NO2. The first-order valence-corrected chi connectivity index (χ1v) is 3.04. The zero-order valence-corrected chi connectivity index (χ0v) is 5.13. The van der Waals surface area contributed by atoms with Crippen molar-refractivity contribution >= 4 is 11.5 Å². The van der Waals surface area contributed by atoms with Crippen molar-refractivity contribution in [3.63, 3.8) is 0 Å². The lowest BCUT2D eigenvalue weighted by atomic mass is 9.98. The second-order valence-electron chi connectivity index (χ2n) is 2.24. The van der Waals surface area contributed by atoms with Crippen LogP contribution in [0.25, 0.3) is 0 Å². The van der Waals surface area contributed by atoms with E-state index in [9.17, 15) is 4.79 Å². The number of nitrogens with zero attached hydrogens (tertiary/aromatic N) is 1. The minimum absolute atomic E-state index is 0.189. The molecule has 0 aromatic carbocycles. The molecule has 50 valence electrons. The number of rotatable bonds is 0. The van der Waals surface area contributed by atoms with E-state index in [4.69, 9.17) is 5.21 Å². The van der Waals surface area contributed by atoms with Crippen LogP contribution in [0.5, 0.6) is 0 Å². The quantitative estimate of drug-likeness (QED) is 0.389. The van der Waals surface area contributed by atoms with Crippen molar-refractivity contribution in [2.24, 2.45) is 5.16 Å². The van der Waals surface area contributed by atoms with Gasteiger partial charge < -0.3 is 5.21 Å². The SMILES string of the molecule is O=C1CCC/C(=N\O)C1. The Bertz CT molecular complexity index is 151. The van der Waals surface area contributed by atoms with Gasteiger partial charge in [0.1, 0.15) is 5.78 Å². The number of hydrogen-bond acceptors (Lipinski definition) is 3. The predicted octanol–water partition coefficient (Wildman–Crippen LogP) is 0.960. The summed E-state index contributed by atoms with van der Waals surface area (Å²) in [4.78, 5) is 10.6. The van der Waals surface area contributed by atoms with Gasteiger partial charge in [-0.05, 0) is 12.8 Å². The van der Waals surface area contributed by atoms with Crippen LogP contribution in [0.15, 0.2) is 5.16 Å². The van der Waals surface area contributed by atoms with E-state index in [1.54, 1.807) is 0 Å². The Morgan fingerprint density at radius 2 is 2.22 bits per heavy atom. The molecule has 1 aliphatic carbocycles. The van der Waals surface area contributed by atoms with E-state index in [1.807, 2.05) is 0 Å². The molecule has 1 N–H and O–H groups in total. The van der Waals surface area contributed by atoms with Crippen LogP contribution in [-0.4, -0.2) is 16.7 Å². The van der Waals surface area contributed by atoms with Crippen LogP contribution in [-0.2, 0) is 4.79 Å². The lowest BCUT2D eigenvalue weighted by molar-refractivity contribution is -0.118. The number of carbonyl (C=O) groups is 1. The molecule has 0 atom stereocenters. The molecule has 0 heterocycles. The van der Waals surface area contributed by atoms with Crippen LogP contribution in [0, 0.1) is 0 Å². The highest BCUT2D eigenvalue weighted by Crippen LogP contribution is 2.10. The zero-order chi connectivity index (χ0) is 6.69. The first-order valence-electron chi connectivity index (χ1n) is 3.04. The molecule has 0 bridgehead atoms. The highest BCUT2D eigenvalue weighted by molar-refractivity contribution is 6.03. The molecule has 0 unspecified atom stereocenters. The fourth-order valence-corrected chi connectivity index (χ4v) is 0.979. The Balaban J connectivity index is 2.51. The van der Waals surface area contributed by atoms with E-state index in [0.29, 0.717) is 18.6 Å². The maximum absolute atomic E-state index is 10.6. The van der Waals surface area contributed by atoms with E-state index in [1.165, 1.54) is 0 Å². The average molecular weight is 127 g/mol. The third-order valence-electron chi connectivity index (χ3n) is 1.46. The maximum atomic E-state index is 10.6. The topological polar surface area (TPSA) is 49.7 Å². The van der Waals surface area contributed by atoms with Crippen LogP contribution >= 0.6 is 0 Å². The van der Waals surface area contributed by atoms with Gasteiger partial charge in [-0.3, -0.25) is 4.79 Å². The molecule has 3 nitrogen and oxygen atoms in total. The summed E-state index contributed by atoms with van der Waals surface area (Å²) in [5, 5.41) is 11.2. The van der Waals surface area contributed by atoms with Crippen molar-refractivity contribution in [2.75, 3.05) is 0 Å². The van der Waals surface area contributed by atoms with E-state index in [-0.39, 0.29) is 5.78 Å². The number of hydrogen-bond donors (Lipinski definition) is 1. The molecule has 0 aliphatic heterocycles. The number of oxime groups is 1. The standard InChI is InChI=1S/C6H9NO2/c8-6-3-1-2-5(4-6)7-9/h9H,1-4H2/b7-5+. The fraction of sp³-hybridized carbons (Fsp3) is 0.667. The normalized spacial score (nSPS) is 24.9. The van der Waals surface area contributed by atoms with Gasteiger partial charge in [-0.1, -0.05) is 5.16 Å². The average Bonchev–Trinajstić information content (AvgIpc) is 1.88. The number of ketones is 1. The van der Waals surface area contributed by atoms with Crippen LogP contribution in [0.1, 0.15) is 25.7 Å². The van der Waals surface area contributed by atoms with Crippen molar-refractivity contribution in [1.82, 2.24) is 0 Å². The molecule has 9 heavy (non-hydrogen) atoms. The molecule has 0 radical (unpaired) electrons. The van der Waals surface area contributed by atoms with Crippen LogP contribution in [0.2, 0.25) is 0 Å². The zero-order valence-electron chi connectivity index (χ0n) is 5.13. The molecule has 0 aromatic rings. The van der Waals surface area contributed by atoms with Gasteiger partial charge in [0.2, 0.25) is 0 Å². The third-order valence-corrected chi connectivity index (χ3v) is 1.46. The molecule has 0 amide bonds. The highest BCUT2D eigenvalue weighted by atomic mass is 16.4. The van der Waals surface area contributed by atoms with Crippen LogP contribution < -0.4 is 0 Å². The number of carbonyl (C=O) groups excluding carboxylic acids is 1. The van der Waals surface area contributed by atoms with Gasteiger partial charge in [0, 0.05) is 12.8 Å². The minimum Gasteiger partial charge on any atom is -0.411 e. The van der Waals surface area contributed by atoms with Gasteiger partial charge in [0.15, 0.2) is 0 Å². The van der Waals surface area contributed by atoms with Gasteiger partial charge >= 0.3 is 0 Å². The third kappa shape index (κ3) is 1.52. The molecule has 3 heteroatoms. The van der Waals surface area contributed by atoms with Crippen molar-refractivity contribution in [3.8, 4) is 0 Å². The van der Waals surface area contributed by atoms with Crippen LogP contribution in [0.4, 0.5) is 0 Å². The van der Waals surface area contributed by atoms with Crippen molar-refractivity contribution in [3.05, 3.63) is 0 Å². The minimum atomic E-state index is 0.189. The molecule has 0 spiro atoms. The van der Waals surface area contributed by atoms with Crippen LogP contribution in [0.3, 0.4) is 0 Å². The Labute approximate surface area is 53.4 Å². The second kappa shape index (κ2) is 2.62. The maximum Gasteiger partial charge on any atom is 0.138 e. The summed E-state index contributed by atoms with van der Waals surface area (Å²) < 4.78 is 0. The van der Waals surface area contributed by atoms with Crippen molar-refractivity contribution < 1.29 is 10.0 Å². The smallest absolute Gasteiger partial charge is 0.138 e. The molecule has 1 saturated carbocycles. The summed E-state index contributed by atoms with van der Waals surface area (Å²) in [5.41, 5.74) is 0.631. The molecule has 1 aliphatic rings. The highest BCUT2D eigenvalue weighted by Gasteiger charge is 2.13. The summed E-state index contributed by atoms with van der Waals surface area (Å²) >= 11 is 0. The summed E-state index contributed by atoms with van der Waals surface area (Å²) in [6.07, 6.45) is 2.63. The summed E-state index contributed by atoms with van der Waals surface area (Å²) in [7, 11) is 0. The molecule has 1 rings (SSSR count). The Hall–Kier alpha value is -0.860. The first-order chi connectivity index (χ1) is 4.33. The summed E-state index contributed by atoms with van der Waals surface area (Å²) in [6, 6.07) is 0. The van der Waals surface area contributed by atoms with Gasteiger partial charge in [-0.2, -0.15) is 0 Å². The fourth-order valence-electron chi connectivity index (χ4n) is 0.979.